The van der Waals surface area contributed by atoms with Gasteiger partial charge in [-0.15, -0.1) is 0 Å². The Balaban J connectivity index is 2.90. The van der Waals surface area contributed by atoms with E-state index in [1.165, 1.54) is 4.57 Å². The van der Waals surface area contributed by atoms with Gasteiger partial charge in [-0.3, -0.25) is 14.3 Å². The summed E-state index contributed by atoms with van der Waals surface area (Å²) in [5.41, 5.74) is -0.423. The summed E-state index contributed by atoms with van der Waals surface area (Å²) in [5, 5.41) is 9.56. The Bertz CT molecular complexity index is 722. The maximum Gasteiger partial charge on any atom is 0.329 e. The maximum atomic E-state index is 12.0. The molecule has 0 fully saturated rings. The number of aliphatic hydroxyl groups is 1. The van der Waals surface area contributed by atoms with Gasteiger partial charge >= 0.3 is 5.69 Å². The molecule has 1 atom stereocenters. The van der Waals surface area contributed by atoms with E-state index in [0.29, 0.717) is 11.6 Å². The molecule has 2 N–H and O–H groups in total. The van der Waals surface area contributed by atoms with Gasteiger partial charge in [-0.05, 0) is 6.92 Å². The first-order chi connectivity index (χ1) is 8.82. The molecule has 0 aromatic carbocycles. The van der Waals surface area contributed by atoms with Crippen molar-refractivity contribution in [1.29, 1.82) is 0 Å². The number of aryl methyl sites for hydroxylation is 1. The molecule has 2 rings (SSSR count). The van der Waals surface area contributed by atoms with Gasteiger partial charge in [-0.25, -0.2) is 4.79 Å². The van der Waals surface area contributed by atoms with Gasteiger partial charge in [0.15, 0.2) is 11.2 Å². The Morgan fingerprint density at radius 1 is 1.42 bits per heavy atom. The molecule has 1 unspecified atom stereocenters. The van der Waals surface area contributed by atoms with Gasteiger partial charge in [0.25, 0.3) is 5.56 Å². The predicted molar refractivity (Wildman–Crippen MR) is 71.6 cm³/mol. The zero-order valence-corrected chi connectivity index (χ0v) is 11.3. The standard InChI is InChI=1S/C11H17N5O3/c1-6(17)5-16-7-8(12-10(16)14(2)3)15(4)11(19)13-9(7)18/h6,17H,5H2,1-4H3,(H,13,18,19). The van der Waals surface area contributed by atoms with Crippen LogP contribution >= 0.6 is 0 Å². The maximum absolute atomic E-state index is 12.0. The first-order valence-electron chi connectivity index (χ1n) is 5.88. The van der Waals surface area contributed by atoms with Crippen LogP contribution in [-0.2, 0) is 13.6 Å². The summed E-state index contributed by atoms with van der Waals surface area (Å²) < 4.78 is 2.89. The SMILES string of the molecule is CC(O)Cn1c(N(C)C)nc2c1c(=O)[nH]c(=O)n2C. The highest BCUT2D eigenvalue weighted by Gasteiger charge is 2.19. The van der Waals surface area contributed by atoms with Crippen molar-refractivity contribution in [2.24, 2.45) is 7.05 Å². The molecule has 0 spiro atoms. The molecule has 2 aromatic heterocycles. The number of H-pyrrole nitrogens is 1. The molecule has 8 heteroatoms. The molecule has 0 aliphatic rings. The van der Waals surface area contributed by atoms with Crippen molar-refractivity contribution in [2.45, 2.75) is 19.6 Å². The van der Waals surface area contributed by atoms with E-state index >= 15 is 0 Å². The molecule has 0 aliphatic heterocycles. The summed E-state index contributed by atoms with van der Waals surface area (Å²) in [6.07, 6.45) is -0.632. The lowest BCUT2D eigenvalue weighted by molar-refractivity contribution is 0.175. The summed E-state index contributed by atoms with van der Waals surface area (Å²) in [7, 11) is 5.11. The third-order valence-corrected chi connectivity index (χ3v) is 2.83. The van der Waals surface area contributed by atoms with Crippen molar-refractivity contribution < 1.29 is 5.11 Å². The van der Waals surface area contributed by atoms with Gasteiger partial charge in [0, 0.05) is 21.1 Å². The number of nitrogens with zero attached hydrogens (tertiary/aromatic N) is 4. The minimum Gasteiger partial charge on any atom is -0.392 e. The molecule has 104 valence electrons. The van der Waals surface area contributed by atoms with Crippen LogP contribution in [0.3, 0.4) is 0 Å². The van der Waals surface area contributed by atoms with E-state index in [0.717, 1.165) is 0 Å². The van der Waals surface area contributed by atoms with Crippen molar-refractivity contribution in [2.75, 3.05) is 19.0 Å². The molecule has 0 bridgehead atoms. The van der Waals surface area contributed by atoms with Gasteiger partial charge in [-0.1, -0.05) is 0 Å². The number of aromatic amines is 1. The lowest BCUT2D eigenvalue weighted by Crippen LogP contribution is -2.30. The number of hydrogen-bond donors (Lipinski definition) is 2. The van der Waals surface area contributed by atoms with E-state index in [-0.39, 0.29) is 12.1 Å². The molecule has 0 amide bonds. The molecule has 2 aromatic rings. The highest BCUT2D eigenvalue weighted by atomic mass is 16.3. The van der Waals surface area contributed by atoms with Gasteiger partial charge in [0.1, 0.15) is 0 Å². The van der Waals surface area contributed by atoms with E-state index in [1.54, 1.807) is 37.5 Å². The highest BCUT2D eigenvalue weighted by molar-refractivity contribution is 5.74. The van der Waals surface area contributed by atoms with Crippen LogP contribution in [0.15, 0.2) is 9.59 Å². The van der Waals surface area contributed by atoms with Gasteiger partial charge in [0.05, 0.1) is 12.6 Å². The van der Waals surface area contributed by atoms with Gasteiger partial charge < -0.3 is 14.6 Å². The Kier molecular flexibility index (Phi) is 3.19. The lowest BCUT2D eigenvalue weighted by Gasteiger charge is -2.15. The third-order valence-electron chi connectivity index (χ3n) is 2.83. The van der Waals surface area contributed by atoms with E-state index in [4.69, 9.17) is 0 Å². The zero-order chi connectivity index (χ0) is 14.3. The third kappa shape index (κ3) is 2.14. The molecule has 0 radical (unpaired) electrons. The van der Waals surface area contributed by atoms with Crippen LogP contribution < -0.4 is 16.1 Å². The molecule has 0 saturated carbocycles. The summed E-state index contributed by atoms with van der Waals surface area (Å²) in [6.45, 7) is 1.85. The fourth-order valence-electron chi connectivity index (χ4n) is 2.00. The Hall–Kier alpha value is -2.09. The normalized spacial score (nSPS) is 12.9. The molecule has 0 saturated heterocycles. The number of fused-ring (bicyclic) bond motifs is 1. The zero-order valence-electron chi connectivity index (χ0n) is 11.3. The number of aliphatic hydroxyl groups excluding tert-OH is 1. The minimum absolute atomic E-state index is 0.227. The monoisotopic (exact) mass is 267 g/mol. The Morgan fingerprint density at radius 2 is 2.05 bits per heavy atom. The van der Waals surface area contributed by atoms with Crippen LogP contribution in [0.4, 0.5) is 5.95 Å². The quantitative estimate of drug-likeness (QED) is 0.733. The number of hydrogen-bond acceptors (Lipinski definition) is 5. The number of imidazole rings is 1. The molecular weight excluding hydrogens is 250 g/mol. The number of nitrogens with one attached hydrogen (secondary N) is 1. The largest absolute Gasteiger partial charge is 0.392 e. The second-order valence-corrected chi connectivity index (χ2v) is 4.76. The van der Waals surface area contributed by atoms with E-state index in [1.807, 2.05) is 0 Å². The molecule has 19 heavy (non-hydrogen) atoms. The first kappa shape index (κ1) is 13.3. The number of anilines is 1. The lowest BCUT2D eigenvalue weighted by atomic mass is 10.4. The average Bonchev–Trinajstić information content (AvgIpc) is 2.65. The van der Waals surface area contributed by atoms with Crippen molar-refractivity contribution in [3.8, 4) is 0 Å². The van der Waals surface area contributed by atoms with Crippen molar-refractivity contribution in [1.82, 2.24) is 19.1 Å². The van der Waals surface area contributed by atoms with Crippen LogP contribution in [0.1, 0.15) is 6.92 Å². The van der Waals surface area contributed by atoms with Crippen LogP contribution in [-0.4, -0.2) is 44.4 Å². The fourth-order valence-corrected chi connectivity index (χ4v) is 2.00. The van der Waals surface area contributed by atoms with Crippen LogP contribution in [0, 0.1) is 0 Å². The smallest absolute Gasteiger partial charge is 0.329 e. The Morgan fingerprint density at radius 3 is 2.58 bits per heavy atom. The van der Waals surface area contributed by atoms with Crippen molar-refractivity contribution >= 4 is 17.1 Å². The second-order valence-electron chi connectivity index (χ2n) is 4.76. The van der Waals surface area contributed by atoms with E-state index in [2.05, 4.69) is 9.97 Å². The van der Waals surface area contributed by atoms with Crippen LogP contribution in [0.5, 0.6) is 0 Å². The predicted octanol–water partition coefficient (Wildman–Crippen LogP) is -1.13. The summed E-state index contributed by atoms with van der Waals surface area (Å²) in [4.78, 5) is 31.8. The first-order valence-corrected chi connectivity index (χ1v) is 5.88. The van der Waals surface area contributed by atoms with Gasteiger partial charge in [0.2, 0.25) is 5.95 Å². The summed E-state index contributed by atoms with van der Waals surface area (Å²) in [6, 6.07) is 0. The van der Waals surface area contributed by atoms with Crippen molar-refractivity contribution in [3.05, 3.63) is 20.8 Å². The van der Waals surface area contributed by atoms with Crippen LogP contribution in [0.2, 0.25) is 0 Å². The summed E-state index contributed by atoms with van der Waals surface area (Å²) in [5.74, 6) is 0.516. The molecular formula is C11H17N5O3. The minimum atomic E-state index is -0.632. The van der Waals surface area contributed by atoms with E-state index in [9.17, 15) is 14.7 Å². The Labute approximate surface area is 108 Å². The highest BCUT2D eigenvalue weighted by Crippen LogP contribution is 2.17. The number of rotatable bonds is 3. The average molecular weight is 267 g/mol. The topological polar surface area (TPSA) is 96.2 Å². The summed E-state index contributed by atoms with van der Waals surface area (Å²) >= 11 is 0. The van der Waals surface area contributed by atoms with Crippen molar-refractivity contribution in [3.63, 3.8) is 0 Å². The molecule has 2 heterocycles. The number of aromatic nitrogens is 4. The molecule has 8 nitrogen and oxygen atoms in total. The fraction of sp³-hybridized carbons (Fsp3) is 0.545. The second kappa shape index (κ2) is 4.54. The van der Waals surface area contributed by atoms with Gasteiger partial charge in [-0.2, -0.15) is 4.98 Å². The van der Waals surface area contributed by atoms with E-state index < -0.39 is 17.4 Å². The van der Waals surface area contributed by atoms with Crippen LogP contribution in [0.25, 0.3) is 11.2 Å². The molecule has 0 aliphatic carbocycles.